The number of aryl methyl sites for hydroxylation is 1. The number of aromatic nitrogens is 4. The number of anilines is 1. The maximum Gasteiger partial charge on any atom is 0.435 e. The largest absolute Gasteiger partial charge is 0.490 e. The number of halogens is 3. The first-order valence-corrected chi connectivity index (χ1v) is 10.0. The second-order valence-corrected chi connectivity index (χ2v) is 6.95. The van der Waals surface area contributed by atoms with E-state index >= 15 is 0 Å². The first kappa shape index (κ1) is 23.2. The summed E-state index contributed by atoms with van der Waals surface area (Å²) in [6.45, 7) is 6.35. The second kappa shape index (κ2) is 9.75. The van der Waals surface area contributed by atoms with Crippen LogP contribution >= 0.6 is 0 Å². The van der Waals surface area contributed by atoms with Crippen LogP contribution in [0.1, 0.15) is 30.8 Å². The molecule has 2 heterocycles. The van der Waals surface area contributed by atoms with Crippen molar-refractivity contribution in [2.75, 3.05) is 18.5 Å². The summed E-state index contributed by atoms with van der Waals surface area (Å²) in [7, 11) is 0. The molecule has 0 aliphatic heterocycles. The van der Waals surface area contributed by atoms with Crippen molar-refractivity contribution in [2.45, 2.75) is 40.0 Å². The van der Waals surface area contributed by atoms with E-state index in [1.54, 1.807) is 10.9 Å². The Kier molecular flexibility index (Phi) is 7.06. The molecule has 8 nitrogen and oxygen atoms in total. The minimum atomic E-state index is -4.56. The Morgan fingerprint density at radius 1 is 1.12 bits per heavy atom. The molecule has 0 atom stereocenters. The van der Waals surface area contributed by atoms with Crippen LogP contribution in [0.15, 0.2) is 36.7 Å². The van der Waals surface area contributed by atoms with Crippen molar-refractivity contribution in [1.82, 2.24) is 19.6 Å². The summed E-state index contributed by atoms with van der Waals surface area (Å²) in [5, 5.41) is 10.3. The molecule has 0 spiro atoms. The number of ether oxygens (including phenoxy) is 2. The molecule has 0 aliphatic carbocycles. The van der Waals surface area contributed by atoms with Gasteiger partial charge in [-0.3, -0.25) is 14.2 Å². The average Bonchev–Trinajstić information content (AvgIpc) is 3.30. The van der Waals surface area contributed by atoms with Crippen molar-refractivity contribution >= 4 is 11.6 Å². The quantitative estimate of drug-likeness (QED) is 0.534. The van der Waals surface area contributed by atoms with E-state index in [1.807, 2.05) is 32.0 Å². The second-order valence-electron chi connectivity index (χ2n) is 6.95. The molecule has 0 radical (unpaired) electrons. The lowest BCUT2D eigenvalue weighted by Crippen LogP contribution is -2.20. The van der Waals surface area contributed by atoms with E-state index in [-0.39, 0.29) is 12.2 Å². The van der Waals surface area contributed by atoms with E-state index in [9.17, 15) is 18.0 Å². The first-order valence-electron chi connectivity index (χ1n) is 10.0. The van der Waals surface area contributed by atoms with Gasteiger partial charge >= 0.3 is 6.18 Å². The van der Waals surface area contributed by atoms with Crippen molar-refractivity contribution in [3.63, 3.8) is 0 Å². The van der Waals surface area contributed by atoms with Crippen LogP contribution in [0, 0.1) is 6.92 Å². The minimum Gasteiger partial charge on any atom is -0.490 e. The fourth-order valence-corrected chi connectivity index (χ4v) is 3.04. The van der Waals surface area contributed by atoms with Crippen LogP contribution < -0.4 is 14.8 Å². The molecule has 1 N–H and O–H groups in total. The Morgan fingerprint density at radius 3 is 2.50 bits per heavy atom. The molecule has 3 aromatic rings. The Balaban J connectivity index is 1.63. The third-order valence-electron chi connectivity index (χ3n) is 4.43. The normalized spacial score (nSPS) is 11.4. The molecule has 0 unspecified atom stereocenters. The standard InChI is InChI=1S/C21H24F3N5O3/c1-4-31-17-7-6-15(9-18(17)32-5-2)11-28-12-16(10-25-28)26-20(30)13-29-14(3)8-19(27-29)21(22,23)24/h6-10,12H,4-5,11,13H2,1-3H3,(H,26,30). The van der Waals surface area contributed by atoms with Gasteiger partial charge in [-0.2, -0.15) is 23.4 Å². The maximum atomic E-state index is 12.8. The fraction of sp³-hybridized carbons (Fsp3) is 0.381. The van der Waals surface area contributed by atoms with Gasteiger partial charge in [0.25, 0.3) is 0 Å². The zero-order valence-electron chi connectivity index (χ0n) is 17.9. The summed E-state index contributed by atoms with van der Waals surface area (Å²) in [4.78, 5) is 12.3. The van der Waals surface area contributed by atoms with E-state index in [1.165, 1.54) is 13.1 Å². The fourth-order valence-electron chi connectivity index (χ4n) is 3.04. The van der Waals surface area contributed by atoms with Gasteiger partial charge in [0.05, 0.1) is 31.6 Å². The minimum absolute atomic E-state index is 0.240. The highest BCUT2D eigenvalue weighted by molar-refractivity contribution is 5.90. The van der Waals surface area contributed by atoms with Crippen molar-refractivity contribution < 1.29 is 27.4 Å². The van der Waals surface area contributed by atoms with Gasteiger partial charge < -0.3 is 14.8 Å². The van der Waals surface area contributed by atoms with Crippen LogP contribution in [0.3, 0.4) is 0 Å². The van der Waals surface area contributed by atoms with E-state index in [0.29, 0.717) is 36.9 Å². The number of alkyl halides is 3. The SMILES string of the molecule is CCOc1ccc(Cn2cc(NC(=O)Cn3nc(C(F)(F)F)cc3C)cn2)cc1OCC. The lowest BCUT2D eigenvalue weighted by Gasteiger charge is -2.12. The Hall–Kier alpha value is -3.50. The molecule has 0 bridgehead atoms. The molecule has 2 aromatic heterocycles. The highest BCUT2D eigenvalue weighted by Crippen LogP contribution is 2.29. The van der Waals surface area contributed by atoms with Crippen LogP contribution in [-0.4, -0.2) is 38.7 Å². The average molecular weight is 451 g/mol. The summed E-state index contributed by atoms with van der Waals surface area (Å²) in [6.07, 6.45) is -1.46. The molecule has 0 saturated carbocycles. The van der Waals surface area contributed by atoms with Crippen molar-refractivity contribution in [3.8, 4) is 11.5 Å². The molecule has 3 rings (SSSR count). The molecule has 1 amide bonds. The van der Waals surface area contributed by atoms with Crippen molar-refractivity contribution in [3.05, 3.63) is 53.6 Å². The van der Waals surface area contributed by atoms with E-state index < -0.39 is 17.8 Å². The van der Waals surface area contributed by atoms with Crippen LogP contribution in [0.4, 0.5) is 18.9 Å². The van der Waals surface area contributed by atoms with Crippen LogP contribution in [0.2, 0.25) is 0 Å². The third kappa shape index (κ3) is 5.80. The third-order valence-corrected chi connectivity index (χ3v) is 4.43. The summed E-state index contributed by atoms with van der Waals surface area (Å²) in [6, 6.07) is 6.50. The molecule has 172 valence electrons. The van der Waals surface area contributed by atoms with E-state index in [4.69, 9.17) is 9.47 Å². The Bertz CT molecular complexity index is 1080. The lowest BCUT2D eigenvalue weighted by atomic mass is 10.2. The van der Waals surface area contributed by atoms with Gasteiger partial charge in [0.1, 0.15) is 6.54 Å². The molecule has 0 saturated heterocycles. The lowest BCUT2D eigenvalue weighted by molar-refractivity contribution is -0.141. The number of hydrogen-bond acceptors (Lipinski definition) is 5. The van der Waals surface area contributed by atoms with Gasteiger partial charge in [-0.15, -0.1) is 0 Å². The van der Waals surface area contributed by atoms with Crippen LogP contribution in [-0.2, 0) is 24.1 Å². The zero-order chi connectivity index (χ0) is 23.3. The van der Waals surface area contributed by atoms with Gasteiger partial charge in [0.15, 0.2) is 17.2 Å². The van der Waals surface area contributed by atoms with E-state index in [2.05, 4.69) is 15.5 Å². The monoisotopic (exact) mass is 451 g/mol. The summed E-state index contributed by atoms with van der Waals surface area (Å²) < 4.78 is 52.1. The first-order chi connectivity index (χ1) is 15.2. The molecule has 0 aliphatic rings. The van der Waals surface area contributed by atoms with Gasteiger partial charge in [0, 0.05) is 11.9 Å². The summed E-state index contributed by atoms with van der Waals surface area (Å²) in [5.41, 5.74) is 0.553. The smallest absolute Gasteiger partial charge is 0.435 e. The van der Waals surface area contributed by atoms with Crippen molar-refractivity contribution in [2.24, 2.45) is 0 Å². The molecular formula is C21H24F3N5O3. The topological polar surface area (TPSA) is 83.2 Å². The van der Waals surface area contributed by atoms with Gasteiger partial charge in [-0.25, -0.2) is 0 Å². The number of nitrogens with zero attached hydrogens (tertiary/aromatic N) is 4. The number of rotatable bonds is 9. The number of amides is 1. The number of carbonyl (C=O) groups excluding carboxylic acids is 1. The highest BCUT2D eigenvalue weighted by atomic mass is 19.4. The van der Waals surface area contributed by atoms with Gasteiger partial charge in [0.2, 0.25) is 5.91 Å². The zero-order valence-corrected chi connectivity index (χ0v) is 17.9. The maximum absolute atomic E-state index is 12.8. The molecule has 32 heavy (non-hydrogen) atoms. The Labute approximate surface area is 182 Å². The Morgan fingerprint density at radius 2 is 1.84 bits per heavy atom. The number of benzene rings is 1. The molecular weight excluding hydrogens is 427 g/mol. The van der Waals surface area contributed by atoms with E-state index in [0.717, 1.165) is 16.3 Å². The van der Waals surface area contributed by atoms with Gasteiger partial charge in [-0.05, 0) is 44.5 Å². The molecule has 0 fully saturated rings. The number of hydrogen-bond donors (Lipinski definition) is 1. The molecule has 11 heteroatoms. The van der Waals surface area contributed by atoms with Crippen LogP contribution in [0.25, 0.3) is 0 Å². The number of carbonyl (C=O) groups is 1. The molecule has 1 aromatic carbocycles. The predicted octanol–water partition coefficient (Wildman–Crippen LogP) is 3.89. The van der Waals surface area contributed by atoms with Crippen molar-refractivity contribution in [1.29, 1.82) is 0 Å². The predicted molar refractivity (Wildman–Crippen MR) is 111 cm³/mol. The number of nitrogens with one attached hydrogen (secondary N) is 1. The summed E-state index contributed by atoms with van der Waals surface area (Å²) >= 11 is 0. The highest BCUT2D eigenvalue weighted by Gasteiger charge is 2.34. The summed E-state index contributed by atoms with van der Waals surface area (Å²) in [5.74, 6) is 0.790. The van der Waals surface area contributed by atoms with Crippen LogP contribution in [0.5, 0.6) is 11.5 Å². The van der Waals surface area contributed by atoms with Gasteiger partial charge in [-0.1, -0.05) is 6.07 Å².